The number of nitrogens with two attached hydrogens (primary N) is 1. The second kappa shape index (κ2) is 9.39. The van der Waals surface area contributed by atoms with Gasteiger partial charge in [-0.3, -0.25) is 15.5 Å². The maximum absolute atomic E-state index is 11.9. The number of nitrogens with zero attached hydrogens (tertiary/aromatic N) is 4. The Kier molecular flexibility index (Phi) is 6.89. The van der Waals surface area contributed by atoms with Crippen LogP contribution in [0.2, 0.25) is 0 Å². The third kappa shape index (κ3) is 4.95. The zero-order valence-electron chi connectivity index (χ0n) is 17.1. The number of rotatable bonds is 5. The molecule has 0 spiro atoms. The van der Waals surface area contributed by atoms with Crippen molar-refractivity contribution in [2.24, 2.45) is 10.8 Å². The molecule has 0 unspecified atom stereocenters. The molecule has 2 atom stereocenters. The van der Waals surface area contributed by atoms with Crippen molar-refractivity contribution in [3.63, 3.8) is 0 Å². The molecule has 0 bridgehead atoms. The van der Waals surface area contributed by atoms with E-state index in [9.17, 15) is 10.1 Å². The smallest absolute Gasteiger partial charge is 0.293 e. The molecule has 158 valence electrons. The molecule has 8 nitrogen and oxygen atoms in total. The molecule has 1 aromatic rings. The fourth-order valence-corrected chi connectivity index (χ4v) is 4.44. The number of hydrogen-bond donors (Lipinski definition) is 2. The first kappa shape index (κ1) is 21.3. The maximum Gasteiger partial charge on any atom is 0.293 e. The number of piperidine rings is 2. The summed E-state index contributed by atoms with van der Waals surface area (Å²) in [5.41, 5.74) is 10.5. The van der Waals surface area contributed by atoms with Gasteiger partial charge in [0.15, 0.2) is 5.11 Å². The minimum atomic E-state index is -0.293. The first-order valence-electron chi connectivity index (χ1n) is 10.3. The summed E-state index contributed by atoms with van der Waals surface area (Å²) in [5, 5.41) is 16.1. The van der Waals surface area contributed by atoms with Gasteiger partial charge in [-0.05, 0) is 70.7 Å². The average molecular weight is 419 g/mol. The molecule has 2 fully saturated rings. The first-order valence-corrected chi connectivity index (χ1v) is 10.7. The summed E-state index contributed by atoms with van der Waals surface area (Å²) < 4.78 is 0. The number of nitro groups is 1. The van der Waals surface area contributed by atoms with Gasteiger partial charge < -0.3 is 15.5 Å². The Morgan fingerprint density at radius 1 is 1.17 bits per heavy atom. The van der Waals surface area contributed by atoms with Crippen LogP contribution in [0.25, 0.3) is 0 Å². The van der Waals surface area contributed by atoms with E-state index in [0.717, 1.165) is 50.9 Å². The summed E-state index contributed by atoms with van der Waals surface area (Å²) >= 11 is 4.80. The van der Waals surface area contributed by atoms with E-state index >= 15 is 0 Å². The molecular weight excluding hydrogens is 388 g/mol. The Bertz CT molecular complexity index is 799. The van der Waals surface area contributed by atoms with Crippen LogP contribution in [-0.4, -0.2) is 41.4 Å². The van der Waals surface area contributed by atoms with Gasteiger partial charge in [-0.1, -0.05) is 0 Å². The van der Waals surface area contributed by atoms with Crippen LogP contribution < -0.4 is 21.0 Å². The van der Waals surface area contributed by atoms with Crippen LogP contribution in [0.4, 0.5) is 17.1 Å². The van der Waals surface area contributed by atoms with Crippen molar-refractivity contribution in [3.8, 4) is 0 Å². The van der Waals surface area contributed by atoms with E-state index < -0.39 is 0 Å². The van der Waals surface area contributed by atoms with Crippen LogP contribution in [0.15, 0.2) is 17.2 Å². The van der Waals surface area contributed by atoms with E-state index in [0.29, 0.717) is 17.3 Å². The molecule has 0 amide bonds. The molecule has 2 heterocycles. The van der Waals surface area contributed by atoms with Crippen LogP contribution in [0, 0.1) is 10.1 Å². The third-order valence-corrected chi connectivity index (χ3v) is 6.02. The predicted octanol–water partition coefficient (Wildman–Crippen LogP) is 3.52. The van der Waals surface area contributed by atoms with Crippen molar-refractivity contribution in [1.29, 1.82) is 0 Å². The van der Waals surface area contributed by atoms with Gasteiger partial charge in [0.25, 0.3) is 5.69 Å². The van der Waals surface area contributed by atoms with Crippen molar-refractivity contribution in [1.82, 2.24) is 5.43 Å². The minimum Gasteiger partial charge on any atom is -0.375 e. The maximum atomic E-state index is 11.9. The predicted molar refractivity (Wildman–Crippen MR) is 122 cm³/mol. The van der Waals surface area contributed by atoms with Gasteiger partial charge in [0.2, 0.25) is 0 Å². The van der Waals surface area contributed by atoms with Crippen LogP contribution >= 0.6 is 12.2 Å². The summed E-state index contributed by atoms with van der Waals surface area (Å²) in [6.07, 6.45) is 8.26. The Morgan fingerprint density at radius 2 is 1.76 bits per heavy atom. The van der Waals surface area contributed by atoms with E-state index in [1.807, 2.05) is 6.07 Å². The highest BCUT2D eigenvalue weighted by Crippen LogP contribution is 2.39. The van der Waals surface area contributed by atoms with E-state index in [1.165, 1.54) is 6.42 Å². The Labute approximate surface area is 177 Å². The van der Waals surface area contributed by atoms with E-state index in [-0.39, 0.29) is 21.8 Å². The molecule has 0 aromatic heterocycles. The topological polar surface area (TPSA) is 100 Å². The van der Waals surface area contributed by atoms with Gasteiger partial charge >= 0.3 is 0 Å². The highest BCUT2D eigenvalue weighted by Gasteiger charge is 2.30. The van der Waals surface area contributed by atoms with Gasteiger partial charge in [0.05, 0.1) is 11.1 Å². The molecule has 1 aromatic carbocycles. The van der Waals surface area contributed by atoms with E-state index in [2.05, 4.69) is 34.2 Å². The number of anilines is 2. The van der Waals surface area contributed by atoms with Gasteiger partial charge in [-0.2, -0.15) is 5.10 Å². The number of nitrogens with one attached hydrogen (secondary N) is 1. The second-order valence-corrected chi connectivity index (χ2v) is 8.41. The van der Waals surface area contributed by atoms with Crippen molar-refractivity contribution in [2.45, 2.75) is 64.5 Å². The number of hydrazone groups is 1. The molecule has 2 aliphatic rings. The molecule has 0 radical (unpaired) electrons. The zero-order chi connectivity index (χ0) is 21.0. The van der Waals surface area contributed by atoms with Crippen LogP contribution in [-0.2, 0) is 0 Å². The lowest BCUT2D eigenvalue weighted by molar-refractivity contribution is -0.384. The lowest BCUT2D eigenvalue weighted by Crippen LogP contribution is -2.40. The summed E-state index contributed by atoms with van der Waals surface area (Å²) in [6, 6.07) is 4.28. The zero-order valence-corrected chi connectivity index (χ0v) is 18.0. The number of nitro benzene ring substituents is 1. The molecule has 9 heteroatoms. The largest absolute Gasteiger partial charge is 0.375 e. The minimum absolute atomic E-state index is 0.0578. The fraction of sp³-hybridized carbons (Fsp3) is 0.600. The Balaban J connectivity index is 2.10. The summed E-state index contributed by atoms with van der Waals surface area (Å²) in [6.45, 7) is 6.12. The van der Waals surface area contributed by atoms with Crippen molar-refractivity contribution < 1.29 is 4.92 Å². The number of benzene rings is 1. The van der Waals surface area contributed by atoms with Crippen LogP contribution in [0.3, 0.4) is 0 Å². The Morgan fingerprint density at radius 3 is 2.28 bits per heavy atom. The summed E-state index contributed by atoms with van der Waals surface area (Å²) in [7, 11) is 0. The SMILES string of the molecule is C[C@@H]1CCCCN1c1cc(N2CCCC[C@@H]2C)c([N+](=O)[O-])cc1/C=N\NC(N)=S. The van der Waals surface area contributed by atoms with Gasteiger partial charge in [0.1, 0.15) is 5.69 Å². The summed E-state index contributed by atoms with van der Waals surface area (Å²) in [4.78, 5) is 16.2. The number of hydrogen-bond acceptors (Lipinski definition) is 6. The molecule has 2 saturated heterocycles. The van der Waals surface area contributed by atoms with Gasteiger partial charge in [-0.15, -0.1) is 0 Å². The van der Waals surface area contributed by atoms with Crippen molar-refractivity contribution >= 4 is 40.6 Å². The van der Waals surface area contributed by atoms with E-state index in [1.54, 1.807) is 12.3 Å². The van der Waals surface area contributed by atoms with E-state index in [4.69, 9.17) is 18.0 Å². The number of thiocarbonyl (C=S) groups is 1. The molecular formula is C20H30N6O2S. The monoisotopic (exact) mass is 418 g/mol. The highest BCUT2D eigenvalue weighted by molar-refractivity contribution is 7.80. The summed E-state index contributed by atoms with van der Waals surface area (Å²) in [5.74, 6) is 0. The van der Waals surface area contributed by atoms with Crippen molar-refractivity contribution in [2.75, 3.05) is 22.9 Å². The highest BCUT2D eigenvalue weighted by atomic mass is 32.1. The van der Waals surface area contributed by atoms with Crippen LogP contribution in [0.1, 0.15) is 57.9 Å². The second-order valence-electron chi connectivity index (χ2n) is 7.97. The fourth-order valence-electron chi connectivity index (χ4n) is 4.39. The van der Waals surface area contributed by atoms with Gasteiger partial charge in [-0.25, -0.2) is 0 Å². The molecule has 3 rings (SSSR count). The van der Waals surface area contributed by atoms with Crippen molar-refractivity contribution in [3.05, 3.63) is 27.8 Å². The molecule has 3 N–H and O–H groups in total. The average Bonchev–Trinajstić information content (AvgIpc) is 2.68. The molecule has 2 aliphatic heterocycles. The first-order chi connectivity index (χ1) is 13.9. The quantitative estimate of drug-likeness (QED) is 0.327. The van der Waals surface area contributed by atoms with Gasteiger partial charge in [0, 0.05) is 42.5 Å². The Hall–Kier alpha value is -2.42. The third-order valence-electron chi connectivity index (χ3n) is 5.92. The lowest BCUT2D eigenvalue weighted by Gasteiger charge is -2.39. The van der Waals surface area contributed by atoms with Crippen LogP contribution in [0.5, 0.6) is 0 Å². The molecule has 0 aliphatic carbocycles. The lowest BCUT2D eigenvalue weighted by atomic mass is 9.98. The molecule has 0 saturated carbocycles. The molecule has 29 heavy (non-hydrogen) atoms. The normalized spacial score (nSPS) is 22.7. The standard InChI is InChI=1S/C20H30N6O2S/c1-14-7-3-5-9-24(14)17-12-18(25-10-6-4-8-15(25)2)19(26(27)28)11-16(17)13-22-23-20(21)29/h11-15H,3-10H2,1-2H3,(H3,21,23,29)/b22-13-/t14-,15+/m1/s1.